The average Bonchev–Trinajstić information content (AvgIpc) is 2.87. The molecular formula is C14H13FN2O3S. The second-order valence-corrected chi connectivity index (χ2v) is 5.31. The van der Waals surface area contributed by atoms with E-state index in [1.807, 2.05) is 0 Å². The Bertz CT molecular complexity index is 654. The van der Waals surface area contributed by atoms with Crippen LogP contribution in [0.5, 0.6) is 0 Å². The summed E-state index contributed by atoms with van der Waals surface area (Å²) in [5.41, 5.74) is 1.32. The van der Waals surface area contributed by atoms with Crippen LogP contribution in [-0.2, 0) is 16.0 Å². The van der Waals surface area contributed by atoms with E-state index in [-0.39, 0.29) is 12.2 Å². The van der Waals surface area contributed by atoms with Crippen molar-refractivity contribution in [1.82, 2.24) is 10.3 Å². The average molecular weight is 308 g/mol. The third-order valence-electron chi connectivity index (χ3n) is 2.73. The number of carboxylic acids is 1. The second-order valence-electron chi connectivity index (χ2n) is 4.46. The van der Waals surface area contributed by atoms with Crippen LogP contribution in [0.15, 0.2) is 29.6 Å². The number of carbonyl (C=O) groups excluding carboxylic acids is 1. The van der Waals surface area contributed by atoms with Gasteiger partial charge in [0.05, 0.1) is 12.1 Å². The highest BCUT2D eigenvalue weighted by atomic mass is 32.1. The number of thiazole rings is 1. The molecule has 7 heteroatoms. The van der Waals surface area contributed by atoms with Crippen molar-refractivity contribution in [2.45, 2.75) is 19.4 Å². The number of carbonyl (C=O) groups is 2. The first-order valence-electron chi connectivity index (χ1n) is 6.18. The van der Waals surface area contributed by atoms with Crippen LogP contribution >= 0.6 is 11.3 Å². The molecule has 0 fully saturated rings. The molecule has 1 heterocycles. The summed E-state index contributed by atoms with van der Waals surface area (Å²) in [5, 5.41) is 13.5. The Kier molecular flexibility index (Phi) is 4.64. The fourth-order valence-electron chi connectivity index (χ4n) is 1.63. The third-order valence-corrected chi connectivity index (χ3v) is 3.67. The number of carboxylic acid groups (broad SMARTS) is 1. The fraction of sp³-hybridized carbons (Fsp3) is 0.214. The summed E-state index contributed by atoms with van der Waals surface area (Å²) in [6.45, 7) is 1.39. The van der Waals surface area contributed by atoms with E-state index in [4.69, 9.17) is 5.11 Å². The standard InChI is InChI=1S/C14H13FN2O3S/c1-8(14(19)20)16-12(18)6-11-7-21-13(17-11)9-2-4-10(15)5-3-9/h2-5,7-8H,6H2,1H3,(H,16,18)(H,19,20)/t8-/m0/s1. The summed E-state index contributed by atoms with van der Waals surface area (Å²) in [4.78, 5) is 26.6. The molecule has 2 N–H and O–H groups in total. The second kappa shape index (κ2) is 6.45. The smallest absolute Gasteiger partial charge is 0.325 e. The molecule has 0 aliphatic rings. The highest BCUT2D eigenvalue weighted by Gasteiger charge is 2.15. The monoisotopic (exact) mass is 308 g/mol. The van der Waals surface area contributed by atoms with Gasteiger partial charge in [0.2, 0.25) is 5.91 Å². The number of amides is 1. The van der Waals surface area contributed by atoms with Crippen LogP contribution in [0.4, 0.5) is 4.39 Å². The van der Waals surface area contributed by atoms with Crippen LogP contribution in [0.1, 0.15) is 12.6 Å². The van der Waals surface area contributed by atoms with E-state index in [9.17, 15) is 14.0 Å². The van der Waals surface area contributed by atoms with Crippen LogP contribution in [0.25, 0.3) is 10.6 Å². The number of rotatable bonds is 5. The van der Waals surface area contributed by atoms with E-state index in [0.717, 1.165) is 5.56 Å². The lowest BCUT2D eigenvalue weighted by Crippen LogP contribution is -2.39. The Morgan fingerprint density at radius 3 is 2.67 bits per heavy atom. The Labute approximate surface area is 124 Å². The number of nitrogens with one attached hydrogen (secondary N) is 1. The van der Waals surface area contributed by atoms with Crippen molar-refractivity contribution >= 4 is 23.2 Å². The van der Waals surface area contributed by atoms with Gasteiger partial charge in [0.1, 0.15) is 16.9 Å². The predicted molar refractivity (Wildman–Crippen MR) is 76.5 cm³/mol. The van der Waals surface area contributed by atoms with Crippen molar-refractivity contribution in [2.24, 2.45) is 0 Å². The topological polar surface area (TPSA) is 79.3 Å². The molecule has 1 atom stereocenters. The molecule has 0 radical (unpaired) electrons. The maximum atomic E-state index is 12.8. The van der Waals surface area contributed by atoms with E-state index in [1.54, 1.807) is 17.5 Å². The molecule has 21 heavy (non-hydrogen) atoms. The Morgan fingerprint density at radius 2 is 2.05 bits per heavy atom. The molecule has 0 aliphatic carbocycles. The summed E-state index contributed by atoms with van der Waals surface area (Å²) in [7, 11) is 0. The molecule has 1 amide bonds. The van der Waals surface area contributed by atoms with Gasteiger partial charge in [-0.15, -0.1) is 11.3 Å². The summed E-state index contributed by atoms with van der Waals surface area (Å²) in [6.07, 6.45) is 0.00924. The highest BCUT2D eigenvalue weighted by Crippen LogP contribution is 2.24. The molecule has 0 aliphatic heterocycles. The molecule has 0 saturated heterocycles. The molecule has 0 unspecified atom stereocenters. The maximum Gasteiger partial charge on any atom is 0.325 e. The quantitative estimate of drug-likeness (QED) is 0.886. The molecule has 5 nitrogen and oxygen atoms in total. The van der Waals surface area contributed by atoms with Crippen molar-refractivity contribution < 1.29 is 19.1 Å². The van der Waals surface area contributed by atoms with Gasteiger partial charge in [0, 0.05) is 10.9 Å². The lowest BCUT2D eigenvalue weighted by atomic mass is 10.2. The first-order chi connectivity index (χ1) is 9.95. The summed E-state index contributed by atoms with van der Waals surface area (Å²) in [6, 6.07) is 4.98. The first kappa shape index (κ1) is 15.1. The number of hydrogen-bond acceptors (Lipinski definition) is 4. The van der Waals surface area contributed by atoms with Gasteiger partial charge in [-0.1, -0.05) is 0 Å². The lowest BCUT2D eigenvalue weighted by Gasteiger charge is -2.07. The lowest BCUT2D eigenvalue weighted by molar-refractivity contribution is -0.141. The van der Waals surface area contributed by atoms with Gasteiger partial charge in [-0.25, -0.2) is 9.37 Å². The number of nitrogens with zero attached hydrogens (tertiary/aromatic N) is 1. The third kappa shape index (κ3) is 4.09. The SMILES string of the molecule is C[C@H](NC(=O)Cc1csc(-c2ccc(F)cc2)n1)C(=O)O. The summed E-state index contributed by atoms with van der Waals surface area (Å²) >= 11 is 1.35. The minimum absolute atomic E-state index is 0.00924. The molecule has 2 aromatic rings. The molecule has 0 bridgehead atoms. The first-order valence-corrected chi connectivity index (χ1v) is 7.06. The van der Waals surface area contributed by atoms with Crippen molar-refractivity contribution in [2.75, 3.05) is 0 Å². The number of aliphatic carboxylic acids is 1. The minimum Gasteiger partial charge on any atom is -0.480 e. The van der Waals surface area contributed by atoms with Gasteiger partial charge in [-0.05, 0) is 31.2 Å². The molecular weight excluding hydrogens is 295 g/mol. The van der Waals surface area contributed by atoms with Crippen LogP contribution < -0.4 is 5.32 Å². The largest absolute Gasteiger partial charge is 0.480 e. The van der Waals surface area contributed by atoms with Crippen LogP contribution in [0.3, 0.4) is 0 Å². The normalized spacial score (nSPS) is 11.9. The van der Waals surface area contributed by atoms with Crippen molar-refractivity contribution in [3.8, 4) is 10.6 Å². The van der Waals surface area contributed by atoms with Crippen LogP contribution in [-0.4, -0.2) is 28.0 Å². The summed E-state index contributed by atoms with van der Waals surface area (Å²) < 4.78 is 12.8. The molecule has 110 valence electrons. The number of aromatic nitrogens is 1. The van der Waals surface area contributed by atoms with Gasteiger partial charge in [-0.2, -0.15) is 0 Å². The van der Waals surface area contributed by atoms with Gasteiger partial charge < -0.3 is 10.4 Å². The zero-order valence-electron chi connectivity index (χ0n) is 11.2. The fourth-order valence-corrected chi connectivity index (χ4v) is 2.46. The van der Waals surface area contributed by atoms with Crippen molar-refractivity contribution in [3.05, 3.63) is 41.2 Å². The van der Waals surface area contributed by atoms with Gasteiger partial charge in [0.25, 0.3) is 0 Å². The molecule has 1 aromatic carbocycles. The molecule has 2 rings (SSSR count). The Hall–Kier alpha value is -2.28. The number of benzene rings is 1. The van der Waals surface area contributed by atoms with E-state index >= 15 is 0 Å². The Balaban J connectivity index is 2.01. The van der Waals surface area contributed by atoms with E-state index in [0.29, 0.717) is 10.7 Å². The number of halogens is 1. The Morgan fingerprint density at radius 1 is 1.38 bits per heavy atom. The predicted octanol–water partition coefficient (Wildman–Crippen LogP) is 2.08. The van der Waals surface area contributed by atoms with Crippen molar-refractivity contribution in [1.29, 1.82) is 0 Å². The van der Waals surface area contributed by atoms with E-state index in [1.165, 1.54) is 30.4 Å². The zero-order valence-corrected chi connectivity index (χ0v) is 12.0. The van der Waals surface area contributed by atoms with Crippen LogP contribution in [0.2, 0.25) is 0 Å². The summed E-state index contributed by atoms with van der Waals surface area (Å²) in [5.74, 6) is -1.81. The van der Waals surface area contributed by atoms with Crippen LogP contribution in [0, 0.1) is 5.82 Å². The van der Waals surface area contributed by atoms with Gasteiger partial charge >= 0.3 is 5.97 Å². The van der Waals surface area contributed by atoms with E-state index < -0.39 is 17.9 Å². The minimum atomic E-state index is -1.09. The number of hydrogen-bond donors (Lipinski definition) is 2. The molecule has 0 saturated carbocycles. The maximum absolute atomic E-state index is 12.8. The highest BCUT2D eigenvalue weighted by molar-refractivity contribution is 7.13. The van der Waals surface area contributed by atoms with Crippen molar-refractivity contribution in [3.63, 3.8) is 0 Å². The van der Waals surface area contributed by atoms with E-state index in [2.05, 4.69) is 10.3 Å². The molecule has 1 aromatic heterocycles. The zero-order chi connectivity index (χ0) is 15.4. The van der Waals surface area contributed by atoms with Gasteiger partial charge in [0.15, 0.2) is 0 Å². The molecule has 0 spiro atoms. The van der Waals surface area contributed by atoms with Gasteiger partial charge in [-0.3, -0.25) is 9.59 Å².